The average molecular weight is 735 g/mol. The lowest BCUT2D eigenvalue weighted by molar-refractivity contribution is 1.18. The number of nitrogens with zero attached hydrogens (tertiary/aromatic N) is 2. The molecule has 252 valence electrons. The minimum atomic E-state index is 0.185. The first-order valence-corrected chi connectivity index (χ1v) is 19.7. The second-order valence-electron chi connectivity index (χ2n) is 14.8. The molecule has 0 atom stereocenters. The Labute approximate surface area is 348 Å². The van der Waals surface area contributed by atoms with Crippen LogP contribution in [0.4, 0.5) is 0 Å². The number of aromatic nitrogens is 2. The summed E-state index contributed by atoms with van der Waals surface area (Å²) in [7, 11) is 48.5. The predicted octanol–water partition coefficient (Wildman–Crippen LogP) is 5.14. The standard InChI is InChI=1S/C48H23B7N2S/c49-40-37(26-16-19-33-31(21-26)29-18-15-25(24-9-3-1-4-10-24)22-34(29)56(33)27-11-5-2-6-12-27)41(50)45(54)47-38(40)39-42(51)43(52)44(53)46(55)48(39)57(47)28-17-20-36-32(23-28)30-13-7-8-14-35(30)58-36/h1-23H. The Morgan fingerprint density at radius 3 is 1.76 bits per heavy atom. The van der Waals surface area contributed by atoms with Gasteiger partial charge in [0.25, 0.3) is 0 Å². The summed E-state index contributed by atoms with van der Waals surface area (Å²) in [5, 5.41) is 5.53. The lowest BCUT2D eigenvalue weighted by Gasteiger charge is -2.19. The summed E-state index contributed by atoms with van der Waals surface area (Å²) < 4.78 is 6.61. The Kier molecular flexibility index (Phi) is 7.91. The Morgan fingerprint density at radius 2 is 0.983 bits per heavy atom. The third-order valence-electron chi connectivity index (χ3n) is 11.7. The lowest BCUT2D eigenvalue weighted by Crippen LogP contribution is -2.48. The first-order chi connectivity index (χ1) is 28.2. The molecule has 2 nitrogen and oxygen atoms in total. The molecule has 0 unspecified atom stereocenters. The van der Waals surface area contributed by atoms with E-state index in [9.17, 15) is 0 Å². The third kappa shape index (κ3) is 4.94. The number of thiophene rings is 1. The van der Waals surface area contributed by atoms with Gasteiger partial charge in [0.05, 0.1) is 11.0 Å². The van der Waals surface area contributed by atoms with Gasteiger partial charge in [0, 0.05) is 58.7 Å². The van der Waals surface area contributed by atoms with E-state index < -0.39 is 0 Å². The van der Waals surface area contributed by atoms with Gasteiger partial charge in [0.1, 0.15) is 54.9 Å². The fourth-order valence-corrected chi connectivity index (χ4v) is 10.0. The van der Waals surface area contributed by atoms with Crippen molar-refractivity contribution in [2.75, 3.05) is 0 Å². The maximum Gasteiger partial charge on any atom is 0.115 e. The molecule has 11 aromatic rings. The van der Waals surface area contributed by atoms with Crippen LogP contribution in [-0.2, 0) is 0 Å². The van der Waals surface area contributed by atoms with Crippen molar-refractivity contribution in [1.82, 2.24) is 9.13 Å². The van der Waals surface area contributed by atoms with E-state index in [4.69, 9.17) is 54.9 Å². The van der Waals surface area contributed by atoms with Gasteiger partial charge >= 0.3 is 0 Å². The SMILES string of the molecule is [B]c1c([B])c([B])c2c(c1[B])c1c([B])c(-c3ccc4c(c3)c3ccc(-c5ccccc5)cc3n4-c3ccccc3)c([B])c([B])c1n2-c1ccc2sc3ccccc3c2c1. The molecule has 10 heteroatoms. The molecule has 3 heterocycles. The van der Waals surface area contributed by atoms with Crippen molar-refractivity contribution in [2.24, 2.45) is 0 Å². The van der Waals surface area contributed by atoms with Crippen molar-refractivity contribution in [3.05, 3.63) is 140 Å². The van der Waals surface area contributed by atoms with Crippen LogP contribution < -0.4 is 38.2 Å². The number of fused-ring (bicyclic) bond motifs is 9. The van der Waals surface area contributed by atoms with Crippen LogP contribution >= 0.6 is 11.3 Å². The molecule has 14 radical (unpaired) electrons. The molecular formula is C48H23B7N2S. The van der Waals surface area contributed by atoms with Crippen molar-refractivity contribution >= 4 is 168 Å². The molecule has 0 N–H and O–H groups in total. The molecule has 0 amide bonds. The van der Waals surface area contributed by atoms with Crippen molar-refractivity contribution in [3.63, 3.8) is 0 Å². The van der Waals surface area contributed by atoms with Crippen LogP contribution in [0.15, 0.2) is 140 Å². The van der Waals surface area contributed by atoms with Gasteiger partial charge in [0.15, 0.2) is 0 Å². The molecule has 0 saturated carbocycles. The molecular weight excluding hydrogens is 712 g/mol. The minimum Gasteiger partial charge on any atom is -0.311 e. The van der Waals surface area contributed by atoms with Crippen molar-refractivity contribution in [2.45, 2.75) is 0 Å². The summed E-state index contributed by atoms with van der Waals surface area (Å²) in [4.78, 5) is 0. The monoisotopic (exact) mass is 736 g/mol. The van der Waals surface area contributed by atoms with Gasteiger partial charge < -0.3 is 9.13 Å². The zero-order valence-electron chi connectivity index (χ0n) is 31.1. The highest BCUT2D eigenvalue weighted by Gasteiger charge is 2.25. The summed E-state index contributed by atoms with van der Waals surface area (Å²) in [6, 6.07) is 48.3. The smallest absolute Gasteiger partial charge is 0.115 e. The van der Waals surface area contributed by atoms with Gasteiger partial charge in [-0.25, -0.2) is 0 Å². The summed E-state index contributed by atoms with van der Waals surface area (Å²) in [5.74, 6) is 0. The van der Waals surface area contributed by atoms with Crippen molar-refractivity contribution in [3.8, 4) is 33.6 Å². The first-order valence-electron chi connectivity index (χ1n) is 18.9. The van der Waals surface area contributed by atoms with Crippen LogP contribution in [-0.4, -0.2) is 64.1 Å². The van der Waals surface area contributed by atoms with Crippen molar-refractivity contribution < 1.29 is 0 Å². The number of para-hydroxylation sites is 1. The molecule has 58 heavy (non-hydrogen) atoms. The summed E-state index contributed by atoms with van der Waals surface area (Å²) in [6.07, 6.45) is 0. The number of benzene rings is 8. The van der Waals surface area contributed by atoms with Crippen LogP contribution in [0.1, 0.15) is 0 Å². The number of rotatable bonds is 4. The van der Waals surface area contributed by atoms with Crippen LogP contribution in [0, 0.1) is 0 Å². The second-order valence-corrected chi connectivity index (χ2v) is 15.9. The van der Waals surface area contributed by atoms with E-state index in [0.29, 0.717) is 43.8 Å². The van der Waals surface area contributed by atoms with Crippen LogP contribution in [0.2, 0.25) is 0 Å². The molecule has 0 bridgehead atoms. The third-order valence-corrected chi connectivity index (χ3v) is 12.9. The zero-order chi connectivity index (χ0) is 39.6. The summed E-state index contributed by atoms with van der Waals surface area (Å²) in [5.41, 5.74) is 10.8. The summed E-state index contributed by atoms with van der Waals surface area (Å²) >= 11 is 1.74. The van der Waals surface area contributed by atoms with Gasteiger partial charge in [-0.05, 0) is 82.2 Å². The number of hydrogen-bond acceptors (Lipinski definition) is 1. The molecule has 0 fully saturated rings. The van der Waals surface area contributed by atoms with Gasteiger partial charge in [-0.1, -0.05) is 112 Å². The van der Waals surface area contributed by atoms with E-state index in [2.05, 4.69) is 108 Å². The van der Waals surface area contributed by atoms with Crippen LogP contribution in [0.3, 0.4) is 0 Å². The fraction of sp³-hybridized carbons (Fsp3) is 0. The van der Waals surface area contributed by atoms with Gasteiger partial charge in [0.2, 0.25) is 0 Å². The topological polar surface area (TPSA) is 9.86 Å². The van der Waals surface area contributed by atoms with E-state index in [-0.39, 0.29) is 21.9 Å². The largest absolute Gasteiger partial charge is 0.311 e. The first kappa shape index (κ1) is 35.2. The van der Waals surface area contributed by atoms with Gasteiger partial charge in [-0.2, -0.15) is 0 Å². The Balaban J connectivity index is 1.21. The highest BCUT2D eigenvalue weighted by Crippen LogP contribution is 2.39. The van der Waals surface area contributed by atoms with E-state index in [1.54, 1.807) is 11.3 Å². The van der Waals surface area contributed by atoms with Crippen molar-refractivity contribution in [1.29, 1.82) is 0 Å². The normalized spacial score (nSPS) is 11.9. The predicted molar refractivity (Wildman–Crippen MR) is 257 cm³/mol. The quantitative estimate of drug-likeness (QED) is 0.222. The van der Waals surface area contributed by atoms with E-state index in [0.717, 1.165) is 65.3 Å². The Bertz CT molecular complexity index is 3530. The van der Waals surface area contributed by atoms with E-state index >= 15 is 0 Å². The second kappa shape index (κ2) is 13.0. The molecule has 11 rings (SSSR count). The molecule has 8 aromatic carbocycles. The molecule has 0 aliphatic heterocycles. The summed E-state index contributed by atoms with van der Waals surface area (Å²) in [6.45, 7) is 0. The average Bonchev–Trinajstić information content (AvgIpc) is 3.92. The van der Waals surface area contributed by atoms with Gasteiger partial charge in [-0.15, -0.1) is 22.3 Å². The number of hydrogen-bond donors (Lipinski definition) is 0. The van der Waals surface area contributed by atoms with E-state index in [1.165, 1.54) is 4.70 Å². The lowest BCUT2D eigenvalue weighted by atomic mass is 9.64. The van der Waals surface area contributed by atoms with Crippen LogP contribution in [0.5, 0.6) is 0 Å². The maximum atomic E-state index is 7.35. The molecule has 3 aromatic heterocycles. The molecule has 0 saturated heterocycles. The highest BCUT2D eigenvalue weighted by atomic mass is 32.1. The zero-order valence-corrected chi connectivity index (χ0v) is 31.9. The maximum absolute atomic E-state index is 7.35. The van der Waals surface area contributed by atoms with E-state index in [1.807, 2.05) is 41.0 Å². The minimum absolute atomic E-state index is 0.185. The highest BCUT2D eigenvalue weighted by molar-refractivity contribution is 7.25. The molecule has 0 aliphatic rings. The molecule has 0 spiro atoms. The Morgan fingerprint density at radius 1 is 0.345 bits per heavy atom. The van der Waals surface area contributed by atoms with Crippen LogP contribution in [0.25, 0.3) is 97.4 Å². The fourth-order valence-electron chi connectivity index (χ4n) is 8.96. The Hall–Kier alpha value is -5.97. The molecule has 0 aliphatic carbocycles. The van der Waals surface area contributed by atoms with Gasteiger partial charge in [-0.3, -0.25) is 0 Å².